The lowest BCUT2D eigenvalue weighted by molar-refractivity contribution is -0.138. The minimum absolute atomic E-state index is 0.165. The van der Waals surface area contributed by atoms with Crippen molar-refractivity contribution in [3.05, 3.63) is 233 Å². The van der Waals surface area contributed by atoms with E-state index in [9.17, 15) is 58.4 Å². The number of halogens is 8. The Labute approximate surface area is 597 Å². The number of nitrogens with zero attached hydrogens (tertiary/aromatic N) is 8. The Balaban J connectivity index is 0.000000280. The van der Waals surface area contributed by atoms with Crippen molar-refractivity contribution in [3.8, 4) is 22.3 Å². The van der Waals surface area contributed by atoms with Crippen molar-refractivity contribution >= 4 is 35.3 Å². The fourth-order valence-corrected chi connectivity index (χ4v) is 12.1. The molecule has 2 heterocycles. The molecule has 22 heteroatoms. The number of rotatable bonds is 26. The molecule has 0 bridgehead atoms. The zero-order valence-electron chi connectivity index (χ0n) is 76.7. The van der Waals surface area contributed by atoms with Crippen molar-refractivity contribution in [2.45, 2.75) is 140 Å². The molecule has 0 fully saturated rings. The maximum atomic E-state index is 14.9. The first kappa shape index (κ1) is 46.3. The van der Waals surface area contributed by atoms with E-state index in [2.05, 4.69) is 9.97 Å². The van der Waals surface area contributed by atoms with Gasteiger partial charge in [-0.25, -0.2) is 8.78 Å². The molecule has 2 aliphatic carbocycles. The van der Waals surface area contributed by atoms with Gasteiger partial charge in [-0.15, -0.1) is 0 Å². The second-order valence-corrected chi connectivity index (χ2v) is 23.4. The van der Waals surface area contributed by atoms with Gasteiger partial charge in [0.15, 0.2) is 10.3 Å². The molecular weight excluding hydrogens is 1280 g/mol. The zero-order chi connectivity index (χ0) is 90.1. The Kier molecular flexibility index (Phi) is 15.9. The van der Waals surface area contributed by atoms with Gasteiger partial charge < -0.3 is 28.7 Å². The maximum absolute atomic E-state index is 14.9. The SMILES string of the molecule is [2H]C([2H])(C)N(CCN(C(=O)Cn1c(SCc2ccc(F)cc2)nc(=O)c2c1CCC2)C([2H])(C)c1ccc(-c2ccc(C(F)(F)F)cc2)cc1)C([2H])([2H])C.[2H]c1c([2H])c(CSc2nc(=O)c3c(n2CC(=O)N(CCN(CC)CC)C([2H])([2H])c2c([2H])c([2H])c(-c4c([2H])c([2H])c(C(F)(F)F)c(C)c4[2H])c([2H])c2[2H])C([2H])([2H])C([2H])([2H])C3([2H])[2H])c([2H])c([2H])c1F. The van der Waals surface area contributed by atoms with Crippen molar-refractivity contribution < 1.29 is 77.6 Å². The number of fused-ring (bicyclic) bond motifs is 2. The van der Waals surface area contributed by atoms with Crippen LogP contribution in [0.1, 0.15) is 148 Å². The van der Waals surface area contributed by atoms with E-state index in [0.29, 0.717) is 87.3 Å². The van der Waals surface area contributed by atoms with E-state index in [1.54, 1.807) is 59.7 Å². The first-order valence-corrected chi connectivity index (χ1v) is 31.9. The van der Waals surface area contributed by atoms with Gasteiger partial charge in [-0.1, -0.05) is 148 Å². The molecule has 1 unspecified atom stereocenters. The number of alkyl halides is 6. The Morgan fingerprint density at radius 2 is 1.18 bits per heavy atom. The lowest BCUT2D eigenvalue weighted by Crippen LogP contribution is -2.42. The Morgan fingerprint density at radius 3 is 1.78 bits per heavy atom. The van der Waals surface area contributed by atoms with Gasteiger partial charge in [-0.2, -0.15) is 36.3 Å². The third-order valence-electron chi connectivity index (χ3n) is 15.5. The molecule has 2 aliphatic rings. The van der Waals surface area contributed by atoms with E-state index >= 15 is 0 Å². The molecule has 10 rings (SSSR count). The summed E-state index contributed by atoms with van der Waals surface area (Å²) < 4.78 is 317. The van der Waals surface area contributed by atoms with E-state index in [1.807, 2.05) is 0 Å². The van der Waals surface area contributed by atoms with Crippen LogP contribution in [0.25, 0.3) is 22.3 Å². The molecule has 0 spiro atoms. The minimum Gasteiger partial charge on any atom is -0.336 e. The summed E-state index contributed by atoms with van der Waals surface area (Å²) in [5.74, 6) is -4.23. The van der Waals surface area contributed by atoms with E-state index < -0.39 is 227 Å². The van der Waals surface area contributed by atoms with Gasteiger partial charge in [-0.3, -0.25) is 19.2 Å². The van der Waals surface area contributed by atoms with Crippen LogP contribution in [-0.4, -0.2) is 103 Å². The van der Waals surface area contributed by atoms with Crippen LogP contribution in [0.3, 0.4) is 0 Å². The number of hydrogen-bond donors (Lipinski definition) is 0. The highest BCUT2D eigenvalue weighted by Crippen LogP contribution is 2.36. The molecule has 1 atom stereocenters. The van der Waals surface area contributed by atoms with Crippen molar-refractivity contribution in [1.29, 1.82) is 0 Å². The molecular formula is C74H80F8N8O4S2. The third-order valence-corrected chi connectivity index (χ3v) is 17.5. The summed E-state index contributed by atoms with van der Waals surface area (Å²) in [5, 5.41) is -0.441. The van der Waals surface area contributed by atoms with Crippen LogP contribution < -0.4 is 11.1 Å². The number of hydrogen-bond acceptors (Lipinski definition) is 10. The first-order chi connectivity index (χ1) is 55.3. The molecule has 0 radical (unpaired) electrons. The van der Waals surface area contributed by atoms with Crippen LogP contribution in [-0.2, 0) is 78.6 Å². The number of carbonyl (C=O) groups is 2. The van der Waals surface area contributed by atoms with Crippen molar-refractivity contribution in [1.82, 2.24) is 38.7 Å². The molecule has 96 heavy (non-hydrogen) atoms. The Hall–Kier alpha value is -7.92. The molecule has 508 valence electrons. The van der Waals surface area contributed by atoms with Crippen LogP contribution in [0.4, 0.5) is 35.1 Å². The summed E-state index contributed by atoms with van der Waals surface area (Å²) in [7, 11) is 0. The predicted molar refractivity (Wildman–Crippen MR) is 363 cm³/mol. The van der Waals surface area contributed by atoms with E-state index in [1.165, 1.54) is 61.7 Å². The van der Waals surface area contributed by atoms with Gasteiger partial charge >= 0.3 is 12.4 Å². The van der Waals surface area contributed by atoms with Crippen LogP contribution >= 0.6 is 23.5 Å². The topological polar surface area (TPSA) is 117 Å². The second kappa shape index (κ2) is 32.9. The number of carbonyl (C=O) groups excluding carboxylic acids is 2. The minimum atomic E-state index is -5.20. The lowest BCUT2D eigenvalue weighted by atomic mass is 9.98. The molecule has 2 amide bonds. The van der Waals surface area contributed by atoms with Crippen LogP contribution in [0, 0.1) is 18.6 Å². The fraction of sp³-hybridized carbons (Fsp3) is 0.378. The average molecular weight is 1390 g/mol. The first-order valence-electron chi connectivity index (χ1n) is 42.0. The summed E-state index contributed by atoms with van der Waals surface area (Å²) in [6.45, 7) is -1.94. The molecule has 12 nitrogen and oxygen atoms in total. The number of benzene rings is 6. The van der Waals surface area contributed by atoms with Crippen LogP contribution in [0.2, 0.25) is 0 Å². The van der Waals surface area contributed by atoms with Gasteiger partial charge in [0, 0.05) is 80.4 Å². The second-order valence-electron chi connectivity index (χ2n) is 21.5. The van der Waals surface area contributed by atoms with Crippen LogP contribution in [0.5, 0.6) is 0 Å². The molecule has 6 aromatic carbocycles. The van der Waals surface area contributed by atoms with Crippen molar-refractivity contribution in [3.63, 3.8) is 0 Å². The average Bonchev–Trinajstić information content (AvgIpc) is 1.52. The molecule has 0 N–H and O–H groups in total. The molecule has 2 aromatic heterocycles. The Morgan fingerprint density at radius 1 is 0.615 bits per heavy atom. The molecule has 8 aromatic rings. The monoisotopic (exact) mass is 1380 g/mol. The largest absolute Gasteiger partial charge is 0.416 e. The Bertz CT molecular complexity index is 5300. The maximum Gasteiger partial charge on any atom is 0.416 e. The number of likely N-dealkylation sites (N-methyl/N-ethyl adjacent to an activating group) is 2. The standard InChI is InChI=1S/2C37H40F4N4O2S/c1-4-43(5-2)21-22-44(25(3)27-11-13-28(14-12-27)29-15-17-30(18-16-29)37(39,40)41)34(46)23-45-33-8-6-7-32(33)35(47)42-36(45)48-24-26-9-19-31(38)20-10-26;1-4-43(5-2)19-20-44(22-26-9-13-28(14-10-26)29-15-18-32(25(3)21-29)37(39,40)41)34(46)23-45-33-8-6-7-31(33)35(47)42-36(45)48-24-27-11-16-30(38)17-12-27/h9-20,25H,4-8,21-24H2,1-3H3;9-18,21H,4-8,19-20,22-24H2,1-3H3/i4D2,5D2,25D;6D2,7D2,8D2,9D,10D,11D,12D,13D,14D,15D,16D,17D,18D,21D,22D2. The zero-order valence-corrected chi connectivity index (χ0v) is 54.3. The van der Waals surface area contributed by atoms with Gasteiger partial charge in [0.2, 0.25) is 11.8 Å². The fourth-order valence-electron chi connectivity index (χ4n) is 10.2. The lowest BCUT2D eigenvalue weighted by Gasteiger charge is -2.33. The summed E-state index contributed by atoms with van der Waals surface area (Å²) >= 11 is 1.57. The highest BCUT2D eigenvalue weighted by Gasteiger charge is 2.34. The summed E-state index contributed by atoms with van der Waals surface area (Å²) in [6.07, 6.45) is -18.4. The molecule has 0 saturated carbocycles. The normalized spacial score (nSPS) is 19.1. The molecule has 0 saturated heterocycles. The van der Waals surface area contributed by atoms with E-state index in [4.69, 9.17) is 28.8 Å². The predicted octanol–water partition coefficient (Wildman–Crippen LogP) is 15.3. The third kappa shape index (κ3) is 18.6. The number of thioether (sulfide) groups is 2. The van der Waals surface area contributed by atoms with Crippen LogP contribution in [0.15, 0.2) is 159 Å². The highest BCUT2D eigenvalue weighted by molar-refractivity contribution is 7.98. The molecule has 0 aliphatic heterocycles. The number of amides is 2. The van der Waals surface area contributed by atoms with Gasteiger partial charge in [-0.05, 0) is 171 Å². The van der Waals surface area contributed by atoms with Gasteiger partial charge in [0.05, 0.1) is 36.3 Å². The van der Waals surface area contributed by atoms with Crippen molar-refractivity contribution in [2.75, 3.05) is 52.3 Å². The van der Waals surface area contributed by atoms with E-state index in [0.717, 1.165) is 29.5 Å². The summed E-state index contributed by atoms with van der Waals surface area (Å²) in [5.41, 5.74) is -7.52. The van der Waals surface area contributed by atoms with Gasteiger partial charge in [0.1, 0.15) is 24.7 Å². The van der Waals surface area contributed by atoms with E-state index in [-0.39, 0.29) is 36.9 Å². The quantitative estimate of drug-likeness (QED) is 0.0295. The summed E-state index contributed by atoms with van der Waals surface area (Å²) in [6, 6.07) is 2.73. The number of aromatic nitrogens is 4. The van der Waals surface area contributed by atoms with Crippen molar-refractivity contribution in [2.24, 2.45) is 0 Å². The smallest absolute Gasteiger partial charge is 0.336 e. The highest BCUT2D eigenvalue weighted by atomic mass is 32.2. The summed E-state index contributed by atoms with van der Waals surface area (Å²) in [4.78, 5) is 68.4. The van der Waals surface area contributed by atoms with Gasteiger partial charge in [0.25, 0.3) is 11.1 Å².